The summed E-state index contributed by atoms with van der Waals surface area (Å²) in [6.07, 6.45) is 5.31. The van der Waals surface area contributed by atoms with E-state index in [9.17, 15) is 10.1 Å². The Morgan fingerprint density at radius 1 is 1.43 bits per heavy atom. The van der Waals surface area contributed by atoms with E-state index >= 15 is 0 Å². The van der Waals surface area contributed by atoms with E-state index in [0.29, 0.717) is 11.4 Å². The van der Waals surface area contributed by atoms with Crippen LogP contribution in [0.3, 0.4) is 0 Å². The van der Waals surface area contributed by atoms with Gasteiger partial charge in [0.25, 0.3) is 0 Å². The van der Waals surface area contributed by atoms with E-state index in [1.807, 2.05) is 6.07 Å². The number of nitrogens with two attached hydrogens (primary N) is 1. The average Bonchev–Trinajstić information content (AvgIpc) is 2.88. The van der Waals surface area contributed by atoms with Crippen LogP contribution in [0, 0.1) is 11.3 Å². The fourth-order valence-electron chi connectivity index (χ4n) is 2.54. The van der Waals surface area contributed by atoms with Crippen molar-refractivity contribution in [1.82, 2.24) is 14.8 Å². The van der Waals surface area contributed by atoms with Gasteiger partial charge in [0.05, 0.1) is 17.4 Å². The van der Waals surface area contributed by atoms with Crippen molar-refractivity contribution in [3.05, 3.63) is 34.8 Å². The van der Waals surface area contributed by atoms with Crippen molar-refractivity contribution in [1.29, 1.82) is 5.26 Å². The van der Waals surface area contributed by atoms with Crippen LogP contribution in [0.4, 0.5) is 5.69 Å². The summed E-state index contributed by atoms with van der Waals surface area (Å²) in [6, 6.07) is 3.91. The molecule has 0 atom stereocenters. The highest BCUT2D eigenvalue weighted by atomic mass is 16.4. The number of fused-ring (bicyclic) bond motifs is 1. The van der Waals surface area contributed by atoms with Crippen molar-refractivity contribution < 1.29 is 9.90 Å². The first-order valence-electron chi connectivity index (χ1n) is 6.62. The van der Waals surface area contributed by atoms with Crippen LogP contribution in [0.15, 0.2) is 12.3 Å². The molecule has 2 aromatic rings. The van der Waals surface area contributed by atoms with Gasteiger partial charge in [-0.1, -0.05) is 0 Å². The molecule has 0 aliphatic heterocycles. The molecule has 3 N–H and O–H groups in total. The Hall–Kier alpha value is -2.88. The van der Waals surface area contributed by atoms with E-state index in [4.69, 9.17) is 10.8 Å². The van der Waals surface area contributed by atoms with Crippen LogP contribution in [0.2, 0.25) is 0 Å². The Morgan fingerprint density at radius 3 is 2.86 bits per heavy atom. The van der Waals surface area contributed by atoms with E-state index in [2.05, 4.69) is 16.2 Å². The average molecular weight is 283 g/mol. The van der Waals surface area contributed by atoms with Crippen LogP contribution in [0.5, 0.6) is 0 Å². The third kappa shape index (κ3) is 2.21. The summed E-state index contributed by atoms with van der Waals surface area (Å²) >= 11 is 0. The number of hydrogen-bond acceptors (Lipinski definition) is 5. The van der Waals surface area contributed by atoms with E-state index < -0.39 is 5.97 Å². The molecule has 1 aliphatic rings. The number of pyridine rings is 1. The molecule has 0 spiro atoms. The molecule has 0 radical (unpaired) electrons. The topological polar surface area (TPSA) is 118 Å². The van der Waals surface area contributed by atoms with Crippen LogP contribution < -0.4 is 5.73 Å². The van der Waals surface area contributed by atoms with Crippen molar-refractivity contribution in [3.8, 4) is 11.9 Å². The first-order chi connectivity index (χ1) is 10.1. The fraction of sp³-hybridized carbons (Fsp3) is 0.286. The van der Waals surface area contributed by atoms with Crippen molar-refractivity contribution in [2.24, 2.45) is 0 Å². The molecule has 0 bridgehead atoms. The molecular formula is C14H13N5O2. The Bertz CT molecular complexity index is 772. The van der Waals surface area contributed by atoms with Gasteiger partial charge in [0, 0.05) is 5.69 Å². The molecule has 0 aromatic carbocycles. The molecule has 0 saturated heterocycles. The van der Waals surface area contributed by atoms with Crippen molar-refractivity contribution in [2.45, 2.75) is 25.7 Å². The van der Waals surface area contributed by atoms with Gasteiger partial charge < -0.3 is 10.8 Å². The normalized spacial score (nSPS) is 13.5. The Labute approximate surface area is 120 Å². The zero-order chi connectivity index (χ0) is 15.0. The van der Waals surface area contributed by atoms with Crippen LogP contribution >= 0.6 is 0 Å². The Kier molecular flexibility index (Phi) is 3.06. The summed E-state index contributed by atoms with van der Waals surface area (Å²) in [5.41, 5.74) is 7.84. The number of nitrogens with zero attached hydrogens (tertiary/aromatic N) is 4. The summed E-state index contributed by atoms with van der Waals surface area (Å²) in [4.78, 5) is 15.5. The summed E-state index contributed by atoms with van der Waals surface area (Å²) in [6.45, 7) is 0. The maximum absolute atomic E-state index is 11.0. The minimum atomic E-state index is -1.21. The monoisotopic (exact) mass is 283 g/mol. The molecule has 0 saturated carbocycles. The van der Waals surface area contributed by atoms with Crippen molar-refractivity contribution >= 4 is 11.7 Å². The second-order valence-electron chi connectivity index (χ2n) is 4.97. The number of nitrogen functional groups attached to an aromatic ring is 1. The van der Waals surface area contributed by atoms with E-state index in [1.54, 1.807) is 0 Å². The maximum Gasteiger partial charge on any atom is 0.358 e. The lowest BCUT2D eigenvalue weighted by atomic mass is 9.95. The molecule has 21 heavy (non-hydrogen) atoms. The summed E-state index contributed by atoms with van der Waals surface area (Å²) in [7, 11) is 0. The molecule has 3 rings (SSSR count). The van der Waals surface area contributed by atoms with Crippen molar-refractivity contribution in [2.75, 3.05) is 5.73 Å². The zero-order valence-electron chi connectivity index (χ0n) is 11.2. The quantitative estimate of drug-likeness (QED) is 0.857. The lowest BCUT2D eigenvalue weighted by Crippen LogP contribution is -2.11. The second-order valence-corrected chi connectivity index (χ2v) is 4.97. The molecule has 0 unspecified atom stereocenters. The summed E-state index contributed by atoms with van der Waals surface area (Å²) in [5.74, 6) is -0.875. The number of aromatic nitrogens is 3. The highest BCUT2D eigenvalue weighted by molar-refractivity contribution is 5.91. The van der Waals surface area contributed by atoms with E-state index in [1.165, 1.54) is 10.9 Å². The Morgan fingerprint density at radius 2 is 2.19 bits per heavy atom. The number of nitriles is 1. The molecule has 7 nitrogen and oxygen atoms in total. The van der Waals surface area contributed by atoms with E-state index in [-0.39, 0.29) is 11.4 Å². The summed E-state index contributed by atoms with van der Waals surface area (Å²) in [5, 5.41) is 22.2. The molecule has 106 valence electrons. The zero-order valence-corrected chi connectivity index (χ0v) is 11.2. The van der Waals surface area contributed by atoms with Gasteiger partial charge in [-0.25, -0.2) is 14.5 Å². The third-order valence-corrected chi connectivity index (χ3v) is 3.56. The van der Waals surface area contributed by atoms with E-state index in [0.717, 1.165) is 36.9 Å². The lowest BCUT2D eigenvalue weighted by molar-refractivity contribution is 0.0691. The number of carboxylic acids is 1. The number of carbonyl (C=O) groups is 1. The molecule has 2 aromatic heterocycles. The fourth-order valence-corrected chi connectivity index (χ4v) is 2.54. The minimum Gasteiger partial charge on any atom is -0.476 e. The number of hydrogen-bond donors (Lipinski definition) is 2. The van der Waals surface area contributed by atoms with Gasteiger partial charge in [0.15, 0.2) is 11.5 Å². The molecule has 0 amide bonds. The minimum absolute atomic E-state index is 0.0471. The molecule has 1 aliphatic carbocycles. The smallest absolute Gasteiger partial charge is 0.358 e. The lowest BCUT2D eigenvalue weighted by Gasteiger charge is -2.16. The number of rotatable bonds is 2. The number of aryl methyl sites for hydroxylation is 2. The highest BCUT2D eigenvalue weighted by Crippen LogP contribution is 2.24. The Balaban J connectivity index is 2.15. The van der Waals surface area contributed by atoms with Crippen LogP contribution in [0.1, 0.15) is 40.2 Å². The molecule has 7 heteroatoms. The third-order valence-electron chi connectivity index (χ3n) is 3.56. The summed E-state index contributed by atoms with van der Waals surface area (Å²) < 4.78 is 1.27. The molecule has 2 heterocycles. The number of anilines is 1. The van der Waals surface area contributed by atoms with Crippen LogP contribution in [0.25, 0.3) is 5.82 Å². The van der Waals surface area contributed by atoms with Crippen LogP contribution in [-0.2, 0) is 12.8 Å². The predicted molar refractivity (Wildman–Crippen MR) is 74.1 cm³/mol. The van der Waals surface area contributed by atoms with Crippen molar-refractivity contribution in [3.63, 3.8) is 0 Å². The maximum atomic E-state index is 11.0. The van der Waals surface area contributed by atoms with Gasteiger partial charge in [-0.2, -0.15) is 10.4 Å². The second kappa shape index (κ2) is 4.90. The highest BCUT2D eigenvalue weighted by Gasteiger charge is 2.19. The standard InChI is InChI=1S/C14H13N5O2/c15-6-9-5-8-3-1-2-4-11(8)17-13(9)19-7-10(16)12(18-19)14(20)21/h5,7H,1-4,16H2,(H,20,21). The first kappa shape index (κ1) is 13.1. The number of aromatic carboxylic acids is 1. The predicted octanol–water partition coefficient (Wildman–Crippen LogP) is 1.30. The molecular weight excluding hydrogens is 270 g/mol. The SMILES string of the molecule is N#Cc1cc2c(nc1-n1cc(N)c(C(=O)O)n1)CCCC2. The van der Waals surface area contributed by atoms with Gasteiger partial charge in [-0.3, -0.25) is 0 Å². The van der Waals surface area contributed by atoms with Gasteiger partial charge >= 0.3 is 5.97 Å². The van der Waals surface area contributed by atoms with Gasteiger partial charge in [0.1, 0.15) is 6.07 Å². The number of carboxylic acid groups (broad SMARTS) is 1. The van der Waals surface area contributed by atoms with Gasteiger partial charge in [-0.15, -0.1) is 0 Å². The van der Waals surface area contributed by atoms with Gasteiger partial charge in [-0.05, 0) is 37.3 Å². The van der Waals surface area contributed by atoms with Crippen LogP contribution in [-0.4, -0.2) is 25.8 Å². The largest absolute Gasteiger partial charge is 0.476 e. The molecule has 0 fully saturated rings. The van der Waals surface area contributed by atoms with Gasteiger partial charge in [0.2, 0.25) is 0 Å². The first-order valence-corrected chi connectivity index (χ1v) is 6.62.